The second-order valence-corrected chi connectivity index (χ2v) is 8.70. The largest absolute Gasteiger partial charge is 0.484 e. The number of nitrogen functional groups attached to an aromatic ring is 1. The highest BCUT2D eigenvalue weighted by molar-refractivity contribution is 6.30. The molecule has 0 radical (unpaired) electrons. The molecule has 0 spiro atoms. The minimum Gasteiger partial charge on any atom is -0.484 e. The predicted molar refractivity (Wildman–Crippen MR) is 134 cm³/mol. The topological polar surface area (TPSA) is 111 Å². The maximum Gasteiger partial charge on any atom is 0.260 e. The van der Waals surface area contributed by atoms with E-state index in [1.807, 2.05) is 18.2 Å². The van der Waals surface area contributed by atoms with Crippen LogP contribution in [-0.4, -0.2) is 58.5 Å². The lowest BCUT2D eigenvalue weighted by Gasteiger charge is -2.35. The summed E-state index contributed by atoms with van der Waals surface area (Å²) in [6.45, 7) is 2.22. The Balaban J connectivity index is 1.22. The molecule has 4 aromatic rings. The summed E-state index contributed by atoms with van der Waals surface area (Å²) >= 11 is 5.89. The SMILES string of the molecule is Nc1nc(N2CCN(C(=O)COc3ccc(Cl)cc3)CC2)c2nc(CCc3ccccc3)oc2n1. The summed E-state index contributed by atoms with van der Waals surface area (Å²) < 4.78 is 11.5. The van der Waals surface area contributed by atoms with Crippen LogP contribution in [0.3, 0.4) is 0 Å². The van der Waals surface area contributed by atoms with E-state index in [2.05, 4.69) is 32.0 Å². The van der Waals surface area contributed by atoms with Crippen LogP contribution in [0.5, 0.6) is 5.75 Å². The number of carbonyl (C=O) groups excluding carboxylic acids is 1. The number of rotatable bonds is 7. The molecule has 2 aromatic carbocycles. The molecule has 1 saturated heterocycles. The van der Waals surface area contributed by atoms with Crippen molar-refractivity contribution in [2.75, 3.05) is 43.4 Å². The number of halogens is 1. The lowest BCUT2D eigenvalue weighted by atomic mass is 10.1. The Morgan fingerprint density at radius 1 is 0.971 bits per heavy atom. The summed E-state index contributed by atoms with van der Waals surface area (Å²) in [6, 6.07) is 17.1. The minimum absolute atomic E-state index is 0.0274. The van der Waals surface area contributed by atoms with Crippen LogP contribution in [0.15, 0.2) is 59.0 Å². The first-order chi connectivity index (χ1) is 17.0. The number of ether oxygens (including phenoxy) is 1. The third-order valence-corrected chi connectivity index (χ3v) is 6.13. The first kappa shape index (κ1) is 22.9. The van der Waals surface area contributed by atoms with E-state index in [1.165, 1.54) is 5.56 Å². The van der Waals surface area contributed by atoms with Crippen molar-refractivity contribution in [3.05, 3.63) is 71.1 Å². The summed E-state index contributed by atoms with van der Waals surface area (Å²) in [5.74, 6) is 1.89. The van der Waals surface area contributed by atoms with Crippen molar-refractivity contribution in [3.8, 4) is 5.75 Å². The number of carbonyl (C=O) groups is 1. The number of benzene rings is 2. The van der Waals surface area contributed by atoms with Crippen molar-refractivity contribution in [2.24, 2.45) is 0 Å². The molecule has 5 rings (SSSR count). The highest BCUT2D eigenvalue weighted by atomic mass is 35.5. The number of nitrogens with two attached hydrogens (primary N) is 1. The maximum atomic E-state index is 12.6. The first-order valence-corrected chi connectivity index (χ1v) is 11.8. The molecule has 0 atom stereocenters. The Bertz CT molecular complexity index is 1300. The first-order valence-electron chi connectivity index (χ1n) is 11.4. The van der Waals surface area contributed by atoms with Gasteiger partial charge >= 0.3 is 0 Å². The van der Waals surface area contributed by atoms with Crippen LogP contribution in [0.2, 0.25) is 5.02 Å². The number of fused-ring (bicyclic) bond motifs is 1. The van der Waals surface area contributed by atoms with Crippen molar-refractivity contribution >= 4 is 40.5 Å². The molecular formula is C25H25ClN6O3. The molecule has 0 bridgehead atoms. The third-order valence-electron chi connectivity index (χ3n) is 5.88. The molecular weight excluding hydrogens is 468 g/mol. The van der Waals surface area contributed by atoms with E-state index in [9.17, 15) is 4.79 Å². The van der Waals surface area contributed by atoms with Crippen molar-refractivity contribution < 1.29 is 13.9 Å². The maximum absolute atomic E-state index is 12.6. The van der Waals surface area contributed by atoms with Crippen LogP contribution in [0.25, 0.3) is 11.2 Å². The average molecular weight is 493 g/mol. The van der Waals surface area contributed by atoms with Gasteiger partial charge in [0, 0.05) is 37.6 Å². The van der Waals surface area contributed by atoms with Crippen molar-refractivity contribution in [3.63, 3.8) is 0 Å². The van der Waals surface area contributed by atoms with Crippen LogP contribution in [0.4, 0.5) is 11.8 Å². The summed E-state index contributed by atoms with van der Waals surface area (Å²) in [5.41, 5.74) is 8.14. The Morgan fingerprint density at radius 3 is 2.46 bits per heavy atom. The van der Waals surface area contributed by atoms with Gasteiger partial charge in [-0.15, -0.1) is 0 Å². The lowest BCUT2D eigenvalue weighted by molar-refractivity contribution is -0.133. The summed E-state index contributed by atoms with van der Waals surface area (Å²) in [6.07, 6.45) is 1.46. The molecule has 1 aliphatic heterocycles. The second-order valence-electron chi connectivity index (χ2n) is 8.26. The number of nitrogens with zero attached hydrogens (tertiary/aromatic N) is 5. The number of piperazine rings is 1. The second kappa shape index (κ2) is 10.2. The average Bonchev–Trinajstić information content (AvgIpc) is 3.30. The van der Waals surface area contributed by atoms with Gasteiger partial charge in [0.05, 0.1) is 0 Å². The van der Waals surface area contributed by atoms with Gasteiger partial charge in [0.25, 0.3) is 11.6 Å². The molecule has 0 saturated carbocycles. The summed E-state index contributed by atoms with van der Waals surface area (Å²) in [5, 5.41) is 0.620. The number of amides is 1. The zero-order chi connectivity index (χ0) is 24.2. The standard InChI is InChI=1S/C25H25ClN6O3/c26-18-7-9-19(10-8-18)34-16-21(33)31-12-14-32(15-13-31)23-22-24(30-25(27)29-23)35-20(28-22)11-6-17-4-2-1-3-5-17/h1-5,7-10H,6,11-16H2,(H2,27,29,30). The monoisotopic (exact) mass is 492 g/mol. The normalized spacial score (nSPS) is 13.9. The number of anilines is 2. The molecule has 35 heavy (non-hydrogen) atoms. The van der Waals surface area contributed by atoms with Gasteiger partial charge in [-0.2, -0.15) is 9.97 Å². The fraction of sp³-hybridized carbons (Fsp3) is 0.280. The van der Waals surface area contributed by atoms with Gasteiger partial charge in [0.1, 0.15) is 5.75 Å². The summed E-state index contributed by atoms with van der Waals surface area (Å²) in [4.78, 5) is 29.8. The van der Waals surface area contributed by atoms with Gasteiger partial charge in [-0.3, -0.25) is 4.79 Å². The molecule has 180 valence electrons. The van der Waals surface area contributed by atoms with E-state index >= 15 is 0 Å². The Hall–Kier alpha value is -3.85. The number of hydrogen-bond acceptors (Lipinski definition) is 8. The number of aromatic nitrogens is 3. The van der Waals surface area contributed by atoms with E-state index < -0.39 is 0 Å². The Morgan fingerprint density at radius 2 is 1.71 bits per heavy atom. The molecule has 1 fully saturated rings. The quantitative estimate of drug-likeness (QED) is 0.418. The van der Waals surface area contributed by atoms with Crippen LogP contribution < -0.4 is 15.4 Å². The zero-order valence-electron chi connectivity index (χ0n) is 19.1. The van der Waals surface area contributed by atoms with E-state index in [0.29, 0.717) is 66.3 Å². The van der Waals surface area contributed by atoms with Crippen molar-refractivity contribution in [2.45, 2.75) is 12.8 Å². The molecule has 0 unspecified atom stereocenters. The zero-order valence-corrected chi connectivity index (χ0v) is 19.8. The molecule has 3 heterocycles. The van der Waals surface area contributed by atoms with Crippen LogP contribution in [0.1, 0.15) is 11.5 Å². The van der Waals surface area contributed by atoms with Crippen molar-refractivity contribution in [1.29, 1.82) is 0 Å². The molecule has 10 heteroatoms. The fourth-order valence-corrected chi connectivity index (χ4v) is 4.15. The Labute approximate surface area is 207 Å². The molecule has 9 nitrogen and oxygen atoms in total. The molecule has 2 aromatic heterocycles. The third kappa shape index (κ3) is 5.46. The van der Waals surface area contributed by atoms with Crippen molar-refractivity contribution in [1.82, 2.24) is 19.9 Å². The van der Waals surface area contributed by atoms with E-state index in [0.717, 1.165) is 6.42 Å². The Kier molecular flexibility index (Phi) is 6.67. The van der Waals surface area contributed by atoms with Crippen LogP contribution >= 0.6 is 11.6 Å². The van der Waals surface area contributed by atoms with Gasteiger partial charge in [0.15, 0.2) is 23.8 Å². The predicted octanol–water partition coefficient (Wildman–Crippen LogP) is 3.37. The molecule has 1 aliphatic rings. The van der Waals surface area contributed by atoms with Gasteiger partial charge in [-0.1, -0.05) is 41.9 Å². The lowest BCUT2D eigenvalue weighted by Crippen LogP contribution is -2.50. The van der Waals surface area contributed by atoms with Gasteiger partial charge < -0.3 is 24.7 Å². The van der Waals surface area contributed by atoms with Gasteiger partial charge in [-0.25, -0.2) is 4.98 Å². The highest BCUT2D eigenvalue weighted by Gasteiger charge is 2.25. The smallest absolute Gasteiger partial charge is 0.260 e. The molecule has 2 N–H and O–H groups in total. The fourth-order valence-electron chi connectivity index (χ4n) is 4.03. The van der Waals surface area contributed by atoms with Crippen LogP contribution in [0, 0.1) is 0 Å². The number of oxazole rings is 1. The number of aryl methyl sites for hydroxylation is 2. The van der Waals surface area contributed by atoms with E-state index in [-0.39, 0.29) is 18.5 Å². The molecule has 0 aliphatic carbocycles. The van der Waals surface area contributed by atoms with E-state index in [4.69, 9.17) is 26.5 Å². The number of hydrogen-bond donors (Lipinski definition) is 1. The summed E-state index contributed by atoms with van der Waals surface area (Å²) in [7, 11) is 0. The minimum atomic E-state index is -0.0726. The van der Waals surface area contributed by atoms with Gasteiger partial charge in [-0.05, 0) is 36.2 Å². The van der Waals surface area contributed by atoms with Crippen LogP contribution in [-0.2, 0) is 17.6 Å². The highest BCUT2D eigenvalue weighted by Crippen LogP contribution is 2.26. The molecule has 1 amide bonds. The van der Waals surface area contributed by atoms with E-state index in [1.54, 1.807) is 29.2 Å². The van der Waals surface area contributed by atoms with Gasteiger partial charge in [0.2, 0.25) is 5.95 Å².